The van der Waals surface area contributed by atoms with Crippen molar-refractivity contribution in [3.63, 3.8) is 0 Å². The second-order valence-electron chi connectivity index (χ2n) is 7.05. The number of piperidine rings is 1. The Labute approximate surface area is 169 Å². The SMILES string of the molecule is COC(=O)C1CCN(C(=O)COC(=O)c2c(C)nn(-c3ccccc3)c2C)CC1. The van der Waals surface area contributed by atoms with Gasteiger partial charge in [0.15, 0.2) is 6.61 Å². The summed E-state index contributed by atoms with van der Waals surface area (Å²) in [5.74, 6) is -1.27. The van der Waals surface area contributed by atoms with Gasteiger partial charge in [-0.25, -0.2) is 9.48 Å². The van der Waals surface area contributed by atoms with Crippen LogP contribution in [0.2, 0.25) is 0 Å². The lowest BCUT2D eigenvalue weighted by Crippen LogP contribution is -2.42. The van der Waals surface area contributed by atoms with Crippen molar-refractivity contribution in [3.8, 4) is 5.69 Å². The molecule has 1 aliphatic heterocycles. The normalized spacial score (nSPS) is 14.5. The van der Waals surface area contributed by atoms with E-state index < -0.39 is 5.97 Å². The van der Waals surface area contributed by atoms with Crippen LogP contribution in [0.25, 0.3) is 5.69 Å². The number of esters is 2. The molecule has 0 atom stereocenters. The van der Waals surface area contributed by atoms with Gasteiger partial charge in [-0.05, 0) is 38.8 Å². The summed E-state index contributed by atoms with van der Waals surface area (Å²) >= 11 is 0. The van der Waals surface area contributed by atoms with Gasteiger partial charge in [-0.1, -0.05) is 18.2 Å². The molecule has 0 N–H and O–H groups in total. The fourth-order valence-corrected chi connectivity index (χ4v) is 3.58. The summed E-state index contributed by atoms with van der Waals surface area (Å²) < 4.78 is 11.7. The number of benzene rings is 1. The van der Waals surface area contributed by atoms with Gasteiger partial charge >= 0.3 is 11.9 Å². The maximum absolute atomic E-state index is 12.6. The third-order valence-electron chi connectivity index (χ3n) is 5.21. The minimum Gasteiger partial charge on any atom is -0.469 e. The van der Waals surface area contributed by atoms with Crippen molar-refractivity contribution in [1.29, 1.82) is 0 Å². The number of amides is 1. The number of likely N-dealkylation sites (tertiary alicyclic amines) is 1. The van der Waals surface area contributed by atoms with Crippen LogP contribution in [0.4, 0.5) is 0 Å². The maximum Gasteiger partial charge on any atom is 0.342 e. The summed E-state index contributed by atoms with van der Waals surface area (Å²) in [6, 6.07) is 9.49. The van der Waals surface area contributed by atoms with Gasteiger partial charge in [0.1, 0.15) is 5.56 Å². The molecule has 3 rings (SSSR count). The average Bonchev–Trinajstić information content (AvgIpc) is 3.06. The molecular formula is C21H25N3O5. The van der Waals surface area contributed by atoms with Crippen LogP contribution in [0.1, 0.15) is 34.6 Å². The third kappa shape index (κ3) is 4.47. The van der Waals surface area contributed by atoms with Gasteiger partial charge in [0.05, 0.1) is 30.1 Å². The molecule has 0 bridgehead atoms. The van der Waals surface area contributed by atoms with E-state index in [1.54, 1.807) is 23.4 Å². The predicted octanol–water partition coefficient (Wildman–Crippen LogP) is 2.06. The molecule has 2 heterocycles. The van der Waals surface area contributed by atoms with Gasteiger partial charge in [-0.3, -0.25) is 9.59 Å². The standard InChI is InChI=1S/C21H25N3O5/c1-14-19(15(2)24(22-14)17-7-5-4-6-8-17)21(27)29-13-18(25)23-11-9-16(10-12-23)20(26)28-3/h4-8,16H,9-13H2,1-3H3. The van der Waals surface area contributed by atoms with Gasteiger partial charge in [-0.15, -0.1) is 0 Å². The fourth-order valence-electron chi connectivity index (χ4n) is 3.58. The molecule has 0 spiro atoms. The van der Waals surface area contributed by atoms with Gasteiger partial charge in [0.2, 0.25) is 0 Å². The van der Waals surface area contributed by atoms with E-state index in [0.29, 0.717) is 42.9 Å². The van der Waals surface area contributed by atoms with Crippen molar-refractivity contribution in [2.75, 3.05) is 26.8 Å². The van der Waals surface area contributed by atoms with Gasteiger partial charge in [0, 0.05) is 13.1 Å². The van der Waals surface area contributed by atoms with Crippen LogP contribution >= 0.6 is 0 Å². The van der Waals surface area contributed by atoms with E-state index in [1.807, 2.05) is 30.3 Å². The Balaban J connectivity index is 1.60. The molecule has 0 radical (unpaired) electrons. The third-order valence-corrected chi connectivity index (χ3v) is 5.21. The van der Waals surface area contributed by atoms with E-state index in [4.69, 9.17) is 9.47 Å². The highest BCUT2D eigenvalue weighted by Crippen LogP contribution is 2.20. The number of aryl methyl sites for hydroxylation is 1. The van der Waals surface area contributed by atoms with Crippen molar-refractivity contribution in [1.82, 2.24) is 14.7 Å². The predicted molar refractivity (Wildman–Crippen MR) is 105 cm³/mol. The number of carbonyl (C=O) groups is 3. The van der Waals surface area contributed by atoms with E-state index in [0.717, 1.165) is 5.69 Å². The monoisotopic (exact) mass is 399 g/mol. The lowest BCUT2D eigenvalue weighted by atomic mass is 9.97. The molecule has 29 heavy (non-hydrogen) atoms. The van der Waals surface area contributed by atoms with Crippen molar-refractivity contribution < 1.29 is 23.9 Å². The summed E-state index contributed by atoms with van der Waals surface area (Å²) in [6.45, 7) is 4.09. The van der Waals surface area contributed by atoms with Crippen molar-refractivity contribution in [3.05, 3.63) is 47.3 Å². The van der Waals surface area contributed by atoms with Gasteiger partial charge in [0.25, 0.3) is 5.91 Å². The Bertz CT molecular complexity index is 899. The maximum atomic E-state index is 12.6. The van der Waals surface area contributed by atoms with Crippen molar-refractivity contribution >= 4 is 17.8 Å². The summed E-state index contributed by atoms with van der Waals surface area (Å²) in [4.78, 5) is 38.2. The lowest BCUT2D eigenvalue weighted by molar-refractivity contribution is -0.149. The molecule has 0 saturated carbocycles. The van der Waals surface area contributed by atoms with Crippen LogP contribution in [0, 0.1) is 19.8 Å². The molecule has 1 fully saturated rings. The number of rotatable bonds is 5. The first-order valence-corrected chi connectivity index (χ1v) is 9.56. The van der Waals surface area contributed by atoms with Gasteiger partial charge in [-0.2, -0.15) is 5.10 Å². The average molecular weight is 399 g/mol. The Morgan fingerprint density at radius 2 is 1.76 bits per heavy atom. The zero-order valence-corrected chi connectivity index (χ0v) is 16.9. The van der Waals surface area contributed by atoms with E-state index >= 15 is 0 Å². The highest BCUT2D eigenvalue weighted by Gasteiger charge is 2.29. The molecule has 1 aromatic carbocycles. The van der Waals surface area contributed by atoms with Crippen molar-refractivity contribution in [2.24, 2.45) is 5.92 Å². The first-order valence-electron chi connectivity index (χ1n) is 9.56. The number of ether oxygens (including phenoxy) is 2. The molecule has 1 amide bonds. The minimum atomic E-state index is -0.569. The Morgan fingerprint density at radius 3 is 2.38 bits per heavy atom. The fraction of sp³-hybridized carbons (Fsp3) is 0.429. The zero-order valence-electron chi connectivity index (χ0n) is 16.9. The first-order chi connectivity index (χ1) is 13.9. The van der Waals surface area contributed by atoms with Crippen LogP contribution in [0.15, 0.2) is 30.3 Å². The Hall–Kier alpha value is -3.16. The molecule has 8 nitrogen and oxygen atoms in total. The number of carbonyl (C=O) groups excluding carboxylic acids is 3. The number of nitrogens with zero attached hydrogens (tertiary/aromatic N) is 3. The number of para-hydroxylation sites is 1. The minimum absolute atomic E-state index is 0.180. The molecule has 0 aliphatic carbocycles. The van der Waals surface area contributed by atoms with Crippen LogP contribution < -0.4 is 0 Å². The van der Waals surface area contributed by atoms with E-state index in [1.165, 1.54) is 7.11 Å². The largest absolute Gasteiger partial charge is 0.469 e. The van der Waals surface area contributed by atoms with Crippen molar-refractivity contribution in [2.45, 2.75) is 26.7 Å². The first kappa shape index (κ1) is 20.6. The smallest absolute Gasteiger partial charge is 0.342 e. The second kappa shape index (κ2) is 8.89. The molecule has 1 aliphatic rings. The van der Waals surface area contributed by atoms with Crippen LogP contribution in [-0.2, 0) is 19.1 Å². The molecule has 0 unspecified atom stereocenters. The lowest BCUT2D eigenvalue weighted by Gasteiger charge is -2.30. The number of hydrogen-bond donors (Lipinski definition) is 0. The van der Waals surface area contributed by atoms with E-state index in [2.05, 4.69) is 5.10 Å². The summed E-state index contributed by atoms with van der Waals surface area (Å²) in [5.41, 5.74) is 2.41. The Morgan fingerprint density at radius 1 is 1.10 bits per heavy atom. The summed E-state index contributed by atoms with van der Waals surface area (Å²) in [6.07, 6.45) is 1.10. The molecule has 1 saturated heterocycles. The number of methoxy groups -OCH3 is 1. The second-order valence-corrected chi connectivity index (χ2v) is 7.05. The quantitative estimate of drug-likeness (QED) is 0.715. The number of aromatic nitrogens is 2. The summed E-state index contributed by atoms with van der Waals surface area (Å²) in [7, 11) is 1.36. The molecule has 2 aromatic rings. The van der Waals surface area contributed by atoms with E-state index in [-0.39, 0.29) is 24.4 Å². The molecule has 1 aromatic heterocycles. The van der Waals surface area contributed by atoms with Crippen LogP contribution in [0.5, 0.6) is 0 Å². The summed E-state index contributed by atoms with van der Waals surface area (Å²) in [5, 5.41) is 4.43. The number of hydrogen-bond acceptors (Lipinski definition) is 6. The zero-order chi connectivity index (χ0) is 21.0. The highest BCUT2D eigenvalue weighted by atomic mass is 16.5. The Kier molecular flexibility index (Phi) is 6.31. The van der Waals surface area contributed by atoms with E-state index in [9.17, 15) is 14.4 Å². The molecule has 154 valence electrons. The topological polar surface area (TPSA) is 90.7 Å². The molecular weight excluding hydrogens is 374 g/mol. The van der Waals surface area contributed by atoms with Crippen LogP contribution in [-0.4, -0.2) is 59.3 Å². The van der Waals surface area contributed by atoms with Crippen LogP contribution in [0.3, 0.4) is 0 Å². The van der Waals surface area contributed by atoms with Gasteiger partial charge < -0.3 is 14.4 Å². The highest BCUT2D eigenvalue weighted by molar-refractivity contribution is 5.93. The molecule has 8 heteroatoms.